The fraction of sp³-hybridized carbons (Fsp3) is 1.00. The van der Waals surface area contributed by atoms with Crippen LogP contribution in [0.5, 0.6) is 0 Å². The van der Waals surface area contributed by atoms with Crippen molar-refractivity contribution >= 4 is 0 Å². The normalized spacial score (nSPS) is 48.8. The van der Waals surface area contributed by atoms with Crippen LogP contribution in [0.4, 0.5) is 0 Å². The van der Waals surface area contributed by atoms with E-state index in [2.05, 4.69) is 24.2 Å². The van der Waals surface area contributed by atoms with Crippen LogP contribution in [-0.4, -0.2) is 48.8 Å². The van der Waals surface area contributed by atoms with Gasteiger partial charge in [-0.3, -0.25) is 4.90 Å². The zero-order valence-electron chi connectivity index (χ0n) is 10.5. The Bertz CT molecular complexity index is 258. The summed E-state index contributed by atoms with van der Waals surface area (Å²) in [5.41, 5.74) is 0. The molecule has 0 spiro atoms. The molecule has 0 aromatic rings. The van der Waals surface area contributed by atoms with Gasteiger partial charge < -0.3 is 10.1 Å². The van der Waals surface area contributed by atoms with Crippen LogP contribution in [0.2, 0.25) is 0 Å². The molecule has 92 valence electrons. The quantitative estimate of drug-likeness (QED) is 0.767. The van der Waals surface area contributed by atoms with Gasteiger partial charge in [0.25, 0.3) is 0 Å². The number of fused-ring (bicyclic) bond motifs is 2. The van der Waals surface area contributed by atoms with E-state index >= 15 is 0 Å². The zero-order chi connectivity index (χ0) is 11.1. The van der Waals surface area contributed by atoms with Gasteiger partial charge in [-0.1, -0.05) is 0 Å². The summed E-state index contributed by atoms with van der Waals surface area (Å²) in [5, 5.41) is 3.42. The molecule has 3 fully saturated rings. The molecule has 0 aliphatic carbocycles. The van der Waals surface area contributed by atoms with E-state index < -0.39 is 0 Å². The Labute approximate surface area is 98.5 Å². The van der Waals surface area contributed by atoms with Crippen molar-refractivity contribution in [3.8, 4) is 0 Å². The Hall–Kier alpha value is -0.120. The van der Waals surface area contributed by atoms with Gasteiger partial charge in [0.05, 0.1) is 12.2 Å². The highest BCUT2D eigenvalue weighted by molar-refractivity contribution is 4.98. The average molecular weight is 224 g/mol. The summed E-state index contributed by atoms with van der Waals surface area (Å²) in [7, 11) is 2.09. The van der Waals surface area contributed by atoms with E-state index in [4.69, 9.17) is 4.74 Å². The Morgan fingerprint density at radius 1 is 1.19 bits per heavy atom. The van der Waals surface area contributed by atoms with Gasteiger partial charge >= 0.3 is 0 Å². The summed E-state index contributed by atoms with van der Waals surface area (Å²) < 4.78 is 5.98. The molecular weight excluding hydrogens is 200 g/mol. The van der Waals surface area contributed by atoms with Crippen LogP contribution in [0.25, 0.3) is 0 Å². The number of hydrogen-bond acceptors (Lipinski definition) is 3. The molecule has 3 heteroatoms. The lowest BCUT2D eigenvalue weighted by Gasteiger charge is -2.43. The van der Waals surface area contributed by atoms with E-state index in [9.17, 15) is 0 Å². The topological polar surface area (TPSA) is 24.5 Å². The lowest BCUT2D eigenvalue weighted by molar-refractivity contribution is 0.0353. The molecule has 3 aliphatic rings. The fourth-order valence-electron chi connectivity index (χ4n) is 3.91. The maximum Gasteiger partial charge on any atom is 0.0736 e. The summed E-state index contributed by atoms with van der Waals surface area (Å²) in [5.74, 6) is 0. The van der Waals surface area contributed by atoms with Crippen molar-refractivity contribution in [3.05, 3.63) is 0 Å². The Kier molecular flexibility index (Phi) is 2.94. The Morgan fingerprint density at radius 2 is 2.06 bits per heavy atom. The number of likely N-dealkylation sites (tertiary alicyclic amines) is 1. The van der Waals surface area contributed by atoms with Crippen LogP contribution < -0.4 is 5.32 Å². The van der Waals surface area contributed by atoms with Crippen molar-refractivity contribution in [1.82, 2.24) is 10.2 Å². The summed E-state index contributed by atoms with van der Waals surface area (Å²) in [6.45, 7) is 3.64. The molecule has 0 saturated carbocycles. The lowest BCUT2D eigenvalue weighted by Crippen LogP contribution is -2.53. The average Bonchev–Trinajstić information content (AvgIpc) is 2.90. The van der Waals surface area contributed by atoms with Crippen molar-refractivity contribution in [2.75, 3.05) is 13.6 Å². The van der Waals surface area contributed by atoms with E-state index in [0.29, 0.717) is 12.2 Å². The first-order valence-corrected chi connectivity index (χ1v) is 6.86. The number of nitrogens with zero attached hydrogens (tertiary/aromatic N) is 1. The highest BCUT2D eigenvalue weighted by atomic mass is 16.5. The van der Waals surface area contributed by atoms with Crippen molar-refractivity contribution in [2.45, 2.75) is 69.4 Å². The molecule has 3 saturated heterocycles. The van der Waals surface area contributed by atoms with E-state index in [0.717, 1.165) is 18.1 Å². The second-order valence-electron chi connectivity index (χ2n) is 5.77. The largest absolute Gasteiger partial charge is 0.373 e. The molecule has 0 amide bonds. The van der Waals surface area contributed by atoms with E-state index in [1.165, 1.54) is 38.6 Å². The van der Waals surface area contributed by atoms with Crippen LogP contribution >= 0.6 is 0 Å². The zero-order valence-corrected chi connectivity index (χ0v) is 10.5. The van der Waals surface area contributed by atoms with Gasteiger partial charge in [0.2, 0.25) is 0 Å². The number of rotatable bonds is 2. The van der Waals surface area contributed by atoms with Crippen LogP contribution in [0, 0.1) is 0 Å². The van der Waals surface area contributed by atoms with E-state index in [1.54, 1.807) is 0 Å². The highest BCUT2D eigenvalue weighted by Crippen LogP contribution is 2.39. The van der Waals surface area contributed by atoms with Crippen LogP contribution in [0.15, 0.2) is 0 Å². The second kappa shape index (κ2) is 4.28. The fourth-order valence-corrected chi connectivity index (χ4v) is 3.91. The minimum Gasteiger partial charge on any atom is -0.373 e. The number of ether oxygens (including phenoxy) is 1. The summed E-state index contributed by atoms with van der Waals surface area (Å²) in [6.07, 6.45) is 7.64. The Balaban J connectivity index is 1.63. The predicted molar refractivity (Wildman–Crippen MR) is 64.5 cm³/mol. The third-order valence-corrected chi connectivity index (χ3v) is 4.84. The minimum absolute atomic E-state index is 0.554. The molecule has 3 aliphatic heterocycles. The first-order valence-electron chi connectivity index (χ1n) is 6.86. The highest BCUT2D eigenvalue weighted by Gasteiger charge is 2.45. The van der Waals surface area contributed by atoms with Crippen molar-refractivity contribution in [1.29, 1.82) is 0 Å². The molecule has 0 aromatic carbocycles. The third kappa shape index (κ3) is 1.79. The third-order valence-electron chi connectivity index (χ3n) is 4.84. The molecule has 3 rings (SSSR count). The minimum atomic E-state index is 0.554. The molecular formula is C13H24N2O. The summed E-state index contributed by atoms with van der Waals surface area (Å²) in [4.78, 5) is 2.72. The molecule has 16 heavy (non-hydrogen) atoms. The lowest BCUT2D eigenvalue weighted by atomic mass is 9.89. The second-order valence-corrected chi connectivity index (χ2v) is 5.77. The summed E-state index contributed by atoms with van der Waals surface area (Å²) >= 11 is 0. The summed E-state index contributed by atoms with van der Waals surface area (Å²) in [6, 6.07) is 2.18. The molecule has 1 N–H and O–H groups in total. The molecule has 2 bridgehead atoms. The SMILES string of the molecule is CNC1CCN(C2CC3CCC2O3)C(C)C1. The standard InChI is InChI=1S/C13H24N2O/c1-9-7-10(14-2)5-6-15(9)12-8-11-3-4-13(12)16-11/h9-14H,3-8H2,1-2H3. The predicted octanol–water partition coefficient (Wildman–Crippen LogP) is 1.38. The van der Waals surface area contributed by atoms with Crippen molar-refractivity contribution in [3.63, 3.8) is 0 Å². The van der Waals surface area contributed by atoms with Crippen LogP contribution in [0.1, 0.15) is 39.0 Å². The smallest absolute Gasteiger partial charge is 0.0736 e. The number of piperidine rings is 1. The first-order chi connectivity index (χ1) is 7.78. The van der Waals surface area contributed by atoms with Gasteiger partial charge in [-0.25, -0.2) is 0 Å². The van der Waals surface area contributed by atoms with Crippen LogP contribution in [-0.2, 0) is 4.74 Å². The monoisotopic (exact) mass is 224 g/mol. The maximum absolute atomic E-state index is 5.98. The van der Waals surface area contributed by atoms with Gasteiger partial charge in [-0.2, -0.15) is 0 Å². The number of hydrogen-bond donors (Lipinski definition) is 1. The molecule has 3 nitrogen and oxygen atoms in total. The van der Waals surface area contributed by atoms with Gasteiger partial charge in [-0.05, 0) is 46.1 Å². The van der Waals surface area contributed by atoms with Gasteiger partial charge in [0.15, 0.2) is 0 Å². The van der Waals surface area contributed by atoms with Gasteiger partial charge in [0, 0.05) is 24.7 Å². The molecule has 5 unspecified atom stereocenters. The molecule has 3 heterocycles. The number of nitrogens with one attached hydrogen (secondary N) is 1. The molecule has 5 atom stereocenters. The van der Waals surface area contributed by atoms with E-state index in [1.807, 2.05) is 0 Å². The van der Waals surface area contributed by atoms with Crippen molar-refractivity contribution < 1.29 is 4.74 Å². The van der Waals surface area contributed by atoms with Gasteiger partial charge in [0.1, 0.15) is 0 Å². The maximum atomic E-state index is 5.98. The van der Waals surface area contributed by atoms with Crippen LogP contribution in [0.3, 0.4) is 0 Å². The van der Waals surface area contributed by atoms with Gasteiger partial charge in [-0.15, -0.1) is 0 Å². The Morgan fingerprint density at radius 3 is 2.62 bits per heavy atom. The molecule has 0 aromatic heterocycles. The first kappa shape index (κ1) is 11.0. The van der Waals surface area contributed by atoms with E-state index in [-0.39, 0.29) is 0 Å². The van der Waals surface area contributed by atoms with Crippen molar-refractivity contribution in [2.24, 2.45) is 0 Å². The molecule has 0 radical (unpaired) electrons.